The topological polar surface area (TPSA) is 46.8 Å². The molecule has 116 valence electrons. The summed E-state index contributed by atoms with van der Waals surface area (Å²) in [4.78, 5) is 16.3. The number of fused-ring (bicyclic) bond motifs is 2. The Balaban J connectivity index is 1.68. The molecule has 0 amide bonds. The predicted molar refractivity (Wildman–Crippen MR) is 86.1 cm³/mol. The minimum absolute atomic E-state index is 0.465. The number of rotatable bonds is 2. The van der Waals surface area contributed by atoms with Crippen molar-refractivity contribution in [2.24, 2.45) is 7.05 Å². The van der Waals surface area contributed by atoms with E-state index in [0.29, 0.717) is 5.92 Å². The average molecular weight is 297 g/mol. The summed E-state index contributed by atoms with van der Waals surface area (Å²) >= 11 is 0. The maximum atomic E-state index is 4.90. The molecule has 2 aromatic heterocycles. The van der Waals surface area contributed by atoms with Gasteiger partial charge in [0.2, 0.25) is 0 Å². The first-order valence-electron chi connectivity index (χ1n) is 8.27. The number of hydrogen-bond acceptors (Lipinski definition) is 4. The van der Waals surface area contributed by atoms with Crippen LogP contribution >= 0.6 is 0 Å². The Hall–Kier alpha value is -1.91. The summed E-state index contributed by atoms with van der Waals surface area (Å²) in [7, 11) is 2.15. The van der Waals surface area contributed by atoms with Gasteiger partial charge in [-0.15, -0.1) is 0 Å². The maximum Gasteiger partial charge on any atom is 0.135 e. The zero-order valence-electron chi connectivity index (χ0n) is 13.6. The van der Waals surface area contributed by atoms with Crippen molar-refractivity contribution in [2.45, 2.75) is 52.0 Å². The summed E-state index contributed by atoms with van der Waals surface area (Å²) < 4.78 is 2.29. The van der Waals surface area contributed by atoms with Crippen LogP contribution in [0.2, 0.25) is 0 Å². The number of anilines is 1. The Kier molecular flexibility index (Phi) is 3.17. The van der Waals surface area contributed by atoms with Crippen molar-refractivity contribution in [1.82, 2.24) is 19.5 Å². The third-order valence-corrected chi connectivity index (χ3v) is 4.96. The fourth-order valence-corrected chi connectivity index (χ4v) is 3.86. The van der Waals surface area contributed by atoms with Gasteiger partial charge in [-0.3, -0.25) is 0 Å². The van der Waals surface area contributed by atoms with Crippen LogP contribution in [0.15, 0.2) is 6.33 Å². The highest BCUT2D eigenvalue weighted by molar-refractivity contribution is 5.52. The van der Waals surface area contributed by atoms with Crippen LogP contribution in [0.3, 0.4) is 0 Å². The number of imidazole rings is 1. The first kappa shape index (κ1) is 13.7. The Morgan fingerprint density at radius 3 is 2.77 bits per heavy atom. The quantitative estimate of drug-likeness (QED) is 0.854. The van der Waals surface area contributed by atoms with Gasteiger partial charge < -0.3 is 9.47 Å². The Morgan fingerprint density at radius 2 is 1.95 bits per heavy atom. The van der Waals surface area contributed by atoms with Gasteiger partial charge in [0.1, 0.15) is 18.0 Å². The predicted octanol–water partition coefficient (Wildman–Crippen LogP) is 2.38. The highest BCUT2D eigenvalue weighted by Gasteiger charge is 2.27. The van der Waals surface area contributed by atoms with Crippen molar-refractivity contribution in [3.63, 3.8) is 0 Å². The molecule has 4 rings (SSSR count). The maximum absolute atomic E-state index is 4.90. The summed E-state index contributed by atoms with van der Waals surface area (Å²) in [6.45, 7) is 6.32. The van der Waals surface area contributed by atoms with Crippen LogP contribution in [0, 0.1) is 0 Å². The zero-order chi connectivity index (χ0) is 15.3. The zero-order valence-corrected chi connectivity index (χ0v) is 13.6. The molecule has 0 unspecified atom stereocenters. The van der Waals surface area contributed by atoms with E-state index in [0.717, 1.165) is 38.2 Å². The summed E-state index contributed by atoms with van der Waals surface area (Å²) in [5, 5.41) is 0. The Labute approximate surface area is 131 Å². The lowest BCUT2D eigenvalue weighted by Crippen LogP contribution is -2.32. The van der Waals surface area contributed by atoms with E-state index in [1.54, 1.807) is 6.33 Å². The molecule has 5 nitrogen and oxygen atoms in total. The van der Waals surface area contributed by atoms with Gasteiger partial charge in [-0.1, -0.05) is 13.8 Å². The van der Waals surface area contributed by atoms with Crippen LogP contribution < -0.4 is 4.90 Å². The second-order valence-electron chi connectivity index (χ2n) is 6.72. The fourth-order valence-electron chi connectivity index (χ4n) is 3.86. The standard InChI is InChI=1S/C17H23N5/c1-11(2)16-20-14-9-22(8-7-15(14)21(16)3)17-12-5-4-6-13(12)18-10-19-17/h10-11H,4-9H2,1-3H3. The van der Waals surface area contributed by atoms with Gasteiger partial charge >= 0.3 is 0 Å². The number of aromatic nitrogens is 4. The second kappa shape index (κ2) is 5.07. The summed E-state index contributed by atoms with van der Waals surface area (Å²) in [5.74, 6) is 2.80. The van der Waals surface area contributed by atoms with Crippen LogP contribution in [-0.4, -0.2) is 26.1 Å². The van der Waals surface area contributed by atoms with Crippen LogP contribution in [-0.2, 0) is 32.9 Å². The minimum atomic E-state index is 0.465. The number of hydrogen-bond donors (Lipinski definition) is 0. The molecule has 1 aliphatic heterocycles. The van der Waals surface area contributed by atoms with Crippen molar-refractivity contribution in [2.75, 3.05) is 11.4 Å². The smallest absolute Gasteiger partial charge is 0.135 e. The van der Waals surface area contributed by atoms with Crippen molar-refractivity contribution in [3.05, 3.63) is 34.8 Å². The van der Waals surface area contributed by atoms with E-state index >= 15 is 0 Å². The van der Waals surface area contributed by atoms with Gasteiger partial charge in [-0.05, 0) is 19.3 Å². The van der Waals surface area contributed by atoms with Gasteiger partial charge in [0.15, 0.2) is 0 Å². The molecule has 2 aliphatic rings. The largest absolute Gasteiger partial charge is 0.350 e. The first-order valence-corrected chi connectivity index (χ1v) is 8.27. The van der Waals surface area contributed by atoms with E-state index < -0.39 is 0 Å². The van der Waals surface area contributed by atoms with Crippen molar-refractivity contribution >= 4 is 5.82 Å². The molecule has 0 atom stereocenters. The summed E-state index contributed by atoms with van der Waals surface area (Å²) in [6.07, 6.45) is 6.21. The molecule has 3 heterocycles. The molecule has 0 aromatic carbocycles. The van der Waals surface area contributed by atoms with Crippen molar-refractivity contribution in [1.29, 1.82) is 0 Å². The van der Waals surface area contributed by atoms with Crippen LogP contribution in [0.4, 0.5) is 5.82 Å². The molecule has 22 heavy (non-hydrogen) atoms. The Morgan fingerprint density at radius 1 is 1.09 bits per heavy atom. The van der Waals surface area contributed by atoms with Crippen LogP contribution in [0.1, 0.15) is 54.7 Å². The van der Waals surface area contributed by atoms with E-state index in [1.807, 2.05) is 0 Å². The van der Waals surface area contributed by atoms with E-state index in [1.165, 1.54) is 34.9 Å². The number of nitrogens with zero attached hydrogens (tertiary/aromatic N) is 5. The molecule has 0 N–H and O–H groups in total. The van der Waals surface area contributed by atoms with Crippen molar-refractivity contribution < 1.29 is 0 Å². The highest BCUT2D eigenvalue weighted by atomic mass is 15.2. The molecule has 0 bridgehead atoms. The molecule has 0 spiro atoms. The highest BCUT2D eigenvalue weighted by Crippen LogP contribution is 2.31. The Bertz CT molecular complexity index is 716. The van der Waals surface area contributed by atoms with E-state index in [2.05, 4.69) is 40.3 Å². The molecular weight excluding hydrogens is 274 g/mol. The summed E-state index contributed by atoms with van der Waals surface area (Å²) in [6, 6.07) is 0. The van der Waals surface area contributed by atoms with Gasteiger partial charge in [0, 0.05) is 42.9 Å². The van der Waals surface area contributed by atoms with Crippen LogP contribution in [0.25, 0.3) is 0 Å². The fraction of sp³-hybridized carbons (Fsp3) is 0.588. The summed E-state index contributed by atoms with van der Waals surface area (Å²) in [5.41, 5.74) is 5.24. The van der Waals surface area contributed by atoms with E-state index in [-0.39, 0.29) is 0 Å². The first-order chi connectivity index (χ1) is 10.6. The molecule has 2 aromatic rings. The lowest BCUT2D eigenvalue weighted by atomic mass is 10.1. The van der Waals surface area contributed by atoms with Crippen molar-refractivity contribution in [3.8, 4) is 0 Å². The van der Waals surface area contributed by atoms with Crippen LogP contribution in [0.5, 0.6) is 0 Å². The lowest BCUT2D eigenvalue weighted by Gasteiger charge is -2.29. The van der Waals surface area contributed by atoms with Gasteiger partial charge in [-0.25, -0.2) is 15.0 Å². The molecule has 0 fully saturated rings. The number of aryl methyl sites for hydroxylation is 1. The molecule has 0 saturated carbocycles. The third kappa shape index (κ3) is 2.02. The normalized spacial score (nSPS) is 17.0. The lowest BCUT2D eigenvalue weighted by molar-refractivity contribution is 0.656. The molecule has 1 aliphatic carbocycles. The van der Waals surface area contributed by atoms with E-state index in [9.17, 15) is 0 Å². The third-order valence-electron chi connectivity index (χ3n) is 4.96. The van der Waals surface area contributed by atoms with Gasteiger partial charge in [0.05, 0.1) is 12.2 Å². The molecule has 0 radical (unpaired) electrons. The SMILES string of the molecule is CC(C)c1nc2c(n1C)CCN(c1ncnc3c1CCC3)C2. The second-order valence-corrected chi connectivity index (χ2v) is 6.72. The molecular formula is C17H23N5. The van der Waals surface area contributed by atoms with E-state index in [4.69, 9.17) is 4.98 Å². The molecule has 5 heteroatoms. The minimum Gasteiger partial charge on any atom is -0.350 e. The monoisotopic (exact) mass is 297 g/mol. The van der Waals surface area contributed by atoms with Gasteiger partial charge in [0.25, 0.3) is 0 Å². The average Bonchev–Trinajstić information content (AvgIpc) is 3.11. The molecule has 0 saturated heterocycles. The van der Waals surface area contributed by atoms with Gasteiger partial charge in [-0.2, -0.15) is 0 Å².